The fraction of sp³-hybridized carbons (Fsp3) is 0.533. The van der Waals surface area contributed by atoms with Crippen LogP contribution in [0.3, 0.4) is 0 Å². The number of halogens is 1. The number of amides is 1. The van der Waals surface area contributed by atoms with E-state index in [0.717, 1.165) is 22.9 Å². The maximum absolute atomic E-state index is 12.7. The summed E-state index contributed by atoms with van der Waals surface area (Å²) < 4.78 is 26.1. The predicted octanol–water partition coefficient (Wildman–Crippen LogP) is 2.22. The summed E-state index contributed by atoms with van der Waals surface area (Å²) >= 11 is 3.47. The van der Waals surface area contributed by atoms with Gasteiger partial charge >= 0.3 is 0 Å². The Balaban J connectivity index is 2.13. The van der Waals surface area contributed by atoms with Crippen LogP contribution in [0, 0.1) is 0 Å². The average Bonchev–Trinajstić information content (AvgIpc) is 2.48. The molecule has 7 heteroatoms. The van der Waals surface area contributed by atoms with E-state index in [0.29, 0.717) is 19.5 Å². The van der Waals surface area contributed by atoms with E-state index >= 15 is 0 Å². The highest BCUT2D eigenvalue weighted by Crippen LogP contribution is 2.23. The van der Waals surface area contributed by atoms with Gasteiger partial charge in [-0.2, -0.15) is 4.31 Å². The molecule has 5 nitrogen and oxygen atoms in total. The van der Waals surface area contributed by atoms with Gasteiger partial charge in [-0.05, 0) is 24.5 Å². The Morgan fingerprint density at radius 3 is 2.68 bits per heavy atom. The molecule has 1 unspecified atom stereocenters. The van der Waals surface area contributed by atoms with Crippen LogP contribution in [0.15, 0.2) is 28.7 Å². The number of nitrogens with zero attached hydrogens (tertiary/aromatic N) is 2. The number of carbonyl (C=O) groups is 1. The van der Waals surface area contributed by atoms with Gasteiger partial charge < -0.3 is 4.90 Å². The van der Waals surface area contributed by atoms with Gasteiger partial charge in [0.25, 0.3) is 0 Å². The Labute approximate surface area is 140 Å². The number of rotatable bonds is 4. The van der Waals surface area contributed by atoms with Crippen molar-refractivity contribution in [1.29, 1.82) is 0 Å². The summed E-state index contributed by atoms with van der Waals surface area (Å²) in [4.78, 5) is 14.3. The molecule has 0 spiro atoms. The van der Waals surface area contributed by atoms with Crippen LogP contribution in [-0.4, -0.2) is 49.4 Å². The van der Waals surface area contributed by atoms with E-state index in [2.05, 4.69) is 15.9 Å². The molecule has 0 radical (unpaired) electrons. The zero-order valence-corrected chi connectivity index (χ0v) is 15.2. The normalized spacial score (nSPS) is 19.9. The third-order valence-electron chi connectivity index (χ3n) is 3.91. The van der Waals surface area contributed by atoms with E-state index in [1.165, 1.54) is 10.6 Å². The van der Waals surface area contributed by atoms with Crippen molar-refractivity contribution in [2.75, 3.05) is 19.8 Å². The quantitative estimate of drug-likeness (QED) is 0.794. The highest BCUT2D eigenvalue weighted by atomic mass is 79.9. The Morgan fingerprint density at radius 1 is 1.36 bits per heavy atom. The minimum absolute atomic E-state index is 0.138. The predicted molar refractivity (Wildman–Crippen MR) is 89.8 cm³/mol. The topological polar surface area (TPSA) is 57.7 Å². The van der Waals surface area contributed by atoms with Gasteiger partial charge in [0.15, 0.2) is 0 Å². The number of sulfonamides is 1. The number of hydrogen-bond donors (Lipinski definition) is 0. The number of hydrogen-bond acceptors (Lipinski definition) is 3. The van der Waals surface area contributed by atoms with E-state index in [9.17, 15) is 13.2 Å². The zero-order chi connectivity index (χ0) is 16.3. The Morgan fingerprint density at radius 2 is 2.05 bits per heavy atom. The molecule has 1 atom stereocenters. The molecule has 1 amide bonds. The molecule has 22 heavy (non-hydrogen) atoms. The average molecular weight is 389 g/mol. The van der Waals surface area contributed by atoms with Gasteiger partial charge in [0.2, 0.25) is 15.9 Å². The van der Waals surface area contributed by atoms with Gasteiger partial charge in [-0.15, -0.1) is 0 Å². The van der Waals surface area contributed by atoms with Crippen molar-refractivity contribution in [3.63, 3.8) is 0 Å². The fourth-order valence-corrected chi connectivity index (χ4v) is 4.29. The lowest BCUT2D eigenvalue weighted by Gasteiger charge is -2.35. The molecule has 0 aromatic heterocycles. The summed E-state index contributed by atoms with van der Waals surface area (Å²) in [6, 6.07) is 7.14. The van der Waals surface area contributed by atoms with E-state index < -0.39 is 16.1 Å². The van der Waals surface area contributed by atoms with Crippen molar-refractivity contribution in [3.05, 3.63) is 34.3 Å². The second kappa shape index (κ2) is 7.10. The minimum atomic E-state index is -3.36. The molecule has 1 heterocycles. The van der Waals surface area contributed by atoms with Crippen LogP contribution < -0.4 is 0 Å². The summed E-state index contributed by atoms with van der Waals surface area (Å²) in [5.41, 5.74) is 1.00. The molecule has 122 valence electrons. The molecular formula is C15H21BrN2O3S. The van der Waals surface area contributed by atoms with Gasteiger partial charge in [-0.3, -0.25) is 4.79 Å². The molecule has 0 bridgehead atoms. The molecule has 0 aliphatic carbocycles. The fourth-order valence-electron chi connectivity index (χ4n) is 2.76. The molecule has 2 rings (SSSR count). The summed E-state index contributed by atoms with van der Waals surface area (Å²) in [5, 5.41) is 0. The van der Waals surface area contributed by atoms with Crippen LogP contribution in [0.5, 0.6) is 0 Å². The van der Waals surface area contributed by atoms with Crippen LogP contribution in [-0.2, 0) is 21.4 Å². The van der Waals surface area contributed by atoms with Crippen LogP contribution in [0.4, 0.5) is 0 Å². The molecular weight excluding hydrogens is 368 g/mol. The molecule has 1 aromatic carbocycles. The van der Waals surface area contributed by atoms with E-state index in [4.69, 9.17) is 0 Å². The summed E-state index contributed by atoms with van der Waals surface area (Å²) in [6.45, 7) is 0.881. The number of carbonyl (C=O) groups excluding carboxylic acids is 1. The van der Waals surface area contributed by atoms with E-state index in [-0.39, 0.29) is 5.91 Å². The van der Waals surface area contributed by atoms with Crippen molar-refractivity contribution >= 4 is 31.9 Å². The standard InChI is InChI=1S/C15H21BrN2O3S/c1-17(11-12-7-3-4-8-13(12)16)15(19)14-9-5-6-10-18(14)22(2,20)21/h3-4,7-8,14H,5-6,9-11H2,1-2H3. The maximum Gasteiger partial charge on any atom is 0.241 e. The number of likely N-dealkylation sites (N-methyl/N-ethyl adjacent to an activating group) is 1. The van der Waals surface area contributed by atoms with Crippen molar-refractivity contribution in [2.45, 2.75) is 31.8 Å². The molecule has 1 aliphatic rings. The molecule has 1 saturated heterocycles. The molecule has 1 fully saturated rings. The van der Waals surface area contributed by atoms with Gasteiger partial charge in [0.05, 0.1) is 6.26 Å². The van der Waals surface area contributed by atoms with Crippen LogP contribution >= 0.6 is 15.9 Å². The number of benzene rings is 1. The molecule has 0 saturated carbocycles. The van der Waals surface area contributed by atoms with Gasteiger partial charge in [-0.25, -0.2) is 8.42 Å². The lowest BCUT2D eigenvalue weighted by atomic mass is 10.0. The minimum Gasteiger partial charge on any atom is -0.340 e. The second-order valence-corrected chi connectivity index (χ2v) is 8.46. The molecule has 1 aromatic rings. The Kier molecular flexibility index (Phi) is 5.63. The first kappa shape index (κ1) is 17.4. The smallest absolute Gasteiger partial charge is 0.241 e. The maximum atomic E-state index is 12.7. The van der Waals surface area contributed by atoms with Crippen molar-refractivity contribution in [1.82, 2.24) is 9.21 Å². The number of piperidine rings is 1. The van der Waals surface area contributed by atoms with Crippen molar-refractivity contribution in [3.8, 4) is 0 Å². The zero-order valence-electron chi connectivity index (χ0n) is 12.8. The summed E-state index contributed by atoms with van der Waals surface area (Å²) in [5.74, 6) is -0.138. The lowest BCUT2D eigenvalue weighted by molar-refractivity contribution is -0.135. The molecule has 1 aliphatic heterocycles. The third kappa shape index (κ3) is 4.08. The first-order valence-electron chi connectivity index (χ1n) is 7.26. The SMILES string of the molecule is CN(Cc1ccccc1Br)C(=O)C1CCCCN1S(C)(=O)=O. The highest BCUT2D eigenvalue weighted by molar-refractivity contribution is 9.10. The largest absolute Gasteiger partial charge is 0.340 e. The summed E-state index contributed by atoms with van der Waals surface area (Å²) in [6.07, 6.45) is 3.45. The third-order valence-corrected chi connectivity index (χ3v) is 5.97. The first-order valence-corrected chi connectivity index (χ1v) is 9.90. The van der Waals surface area contributed by atoms with Crippen LogP contribution in [0.25, 0.3) is 0 Å². The molecule has 0 N–H and O–H groups in total. The van der Waals surface area contributed by atoms with Gasteiger partial charge in [-0.1, -0.05) is 40.5 Å². The van der Waals surface area contributed by atoms with E-state index in [1.54, 1.807) is 11.9 Å². The lowest BCUT2D eigenvalue weighted by Crippen LogP contribution is -2.51. The van der Waals surface area contributed by atoms with Crippen molar-refractivity contribution < 1.29 is 13.2 Å². The highest BCUT2D eigenvalue weighted by Gasteiger charge is 2.35. The van der Waals surface area contributed by atoms with E-state index in [1.807, 2.05) is 24.3 Å². The monoisotopic (exact) mass is 388 g/mol. The first-order chi connectivity index (χ1) is 10.3. The van der Waals surface area contributed by atoms with Crippen molar-refractivity contribution in [2.24, 2.45) is 0 Å². The van der Waals surface area contributed by atoms with Gasteiger partial charge in [0.1, 0.15) is 6.04 Å². The summed E-state index contributed by atoms with van der Waals surface area (Å²) in [7, 11) is -1.64. The Hall–Kier alpha value is -0.920. The Bertz CT molecular complexity index is 648. The van der Waals surface area contributed by atoms with Crippen LogP contribution in [0.1, 0.15) is 24.8 Å². The second-order valence-electron chi connectivity index (χ2n) is 5.67. The van der Waals surface area contributed by atoms with Gasteiger partial charge in [0, 0.05) is 24.6 Å². The van der Waals surface area contributed by atoms with Crippen LogP contribution in [0.2, 0.25) is 0 Å².